The molecule has 0 saturated carbocycles. The first-order valence-electron chi connectivity index (χ1n) is 7.17. The first kappa shape index (κ1) is 15.8. The lowest BCUT2D eigenvalue weighted by Crippen LogP contribution is -2.18. The third-order valence-electron chi connectivity index (χ3n) is 3.59. The number of nitrogens with one attached hydrogen (secondary N) is 2. The third-order valence-corrected chi connectivity index (χ3v) is 3.59. The Morgan fingerprint density at radius 1 is 0.955 bits per heavy atom. The highest BCUT2D eigenvalue weighted by molar-refractivity contribution is 5.96. The molecule has 22 heavy (non-hydrogen) atoms. The standard InChI is InChI=1S/C18H20N2O2/c1-12-4-5-14(10-13(12)2)11-17(21)20-16-8-6-15(7-9-16)18(22)19-3/h4-10H,11H2,1-3H3,(H,19,22)(H,20,21). The van der Waals surface area contributed by atoms with Crippen LogP contribution in [-0.4, -0.2) is 18.9 Å². The zero-order valence-electron chi connectivity index (χ0n) is 13.1. The van der Waals surface area contributed by atoms with Gasteiger partial charge < -0.3 is 10.6 Å². The minimum absolute atomic E-state index is 0.0732. The molecule has 0 spiro atoms. The van der Waals surface area contributed by atoms with Crippen molar-refractivity contribution in [3.8, 4) is 0 Å². The molecule has 0 aromatic heterocycles. The van der Waals surface area contributed by atoms with Crippen molar-refractivity contribution in [3.05, 3.63) is 64.7 Å². The van der Waals surface area contributed by atoms with Crippen LogP contribution in [0, 0.1) is 13.8 Å². The summed E-state index contributed by atoms with van der Waals surface area (Å²) in [6.45, 7) is 4.08. The Kier molecular flexibility index (Phi) is 4.94. The van der Waals surface area contributed by atoms with Gasteiger partial charge in [0, 0.05) is 18.3 Å². The molecule has 2 amide bonds. The van der Waals surface area contributed by atoms with Crippen molar-refractivity contribution < 1.29 is 9.59 Å². The quantitative estimate of drug-likeness (QED) is 0.911. The second-order valence-electron chi connectivity index (χ2n) is 5.30. The fourth-order valence-corrected chi connectivity index (χ4v) is 2.15. The van der Waals surface area contributed by atoms with Gasteiger partial charge in [-0.3, -0.25) is 9.59 Å². The Balaban J connectivity index is 1.99. The van der Waals surface area contributed by atoms with E-state index in [1.807, 2.05) is 32.0 Å². The molecule has 4 nitrogen and oxygen atoms in total. The summed E-state index contributed by atoms with van der Waals surface area (Å²) >= 11 is 0. The number of hydrogen-bond acceptors (Lipinski definition) is 2. The lowest BCUT2D eigenvalue weighted by molar-refractivity contribution is -0.115. The summed E-state index contributed by atoms with van der Waals surface area (Å²) in [7, 11) is 1.58. The minimum atomic E-state index is -0.145. The van der Waals surface area contributed by atoms with Gasteiger partial charge in [-0.05, 0) is 54.8 Å². The Hall–Kier alpha value is -2.62. The lowest BCUT2D eigenvalue weighted by atomic mass is 10.0. The molecule has 114 valence electrons. The fraction of sp³-hybridized carbons (Fsp3) is 0.222. The van der Waals surface area contributed by atoms with E-state index in [2.05, 4.69) is 10.6 Å². The van der Waals surface area contributed by atoms with E-state index in [-0.39, 0.29) is 11.8 Å². The highest BCUT2D eigenvalue weighted by atomic mass is 16.2. The zero-order valence-corrected chi connectivity index (χ0v) is 13.1. The van der Waals surface area contributed by atoms with Crippen molar-refractivity contribution in [1.82, 2.24) is 5.32 Å². The Morgan fingerprint density at radius 3 is 2.23 bits per heavy atom. The first-order chi connectivity index (χ1) is 10.5. The molecule has 2 aromatic carbocycles. The van der Waals surface area contributed by atoms with Gasteiger partial charge in [0.25, 0.3) is 5.91 Å². The number of anilines is 1. The van der Waals surface area contributed by atoms with Gasteiger partial charge in [0.1, 0.15) is 0 Å². The van der Waals surface area contributed by atoms with Crippen LogP contribution in [0.4, 0.5) is 5.69 Å². The summed E-state index contributed by atoms with van der Waals surface area (Å²) in [6, 6.07) is 12.8. The van der Waals surface area contributed by atoms with Crippen molar-refractivity contribution in [3.63, 3.8) is 0 Å². The summed E-state index contributed by atoms with van der Waals surface area (Å²) < 4.78 is 0. The molecular weight excluding hydrogens is 276 g/mol. The van der Waals surface area contributed by atoms with Crippen molar-refractivity contribution in [2.24, 2.45) is 0 Å². The van der Waals surface area contributed by atoms with E-state index >= 15 is 0 Å². The first-order valence-corrected chi connectivity index (χ1v) is 7.17. The highest BCUT2D eigenvalue weighted by Crippen LogP contribution is 2.13. The maximum absolute atomic E-state index is 12.1. The van der Waals surface area contributed by atoms with Crippen LogP contribution < -0.4 is 10.6 Å². The average Bonchev–Trinajstić information content (AvgIpc) is 2.51. The summed E-state index contributed by atoms with van der Waals surface area (Å²) in [5.74, 6) is -0.219. The van der Waals surface area contributed by atoms with E-state index in [9.17, 15) is 9.59 Å². The Morgan fingerprint density at radius 2 is 1.64 bits per heavy atom. The maximum atomic E-state index is 12.1. The zero-order chi connectivity index (χ0) is 16.1. The lowest BCUT2D eigenvalue weighted by Gasteiger charge is -2.08. The number of aryl methyl sites for hydroxylation is 2. The summed E-state index contributed by atoms with van der Waals surface area (Å²) in [6.07, 6.45) is 0.332. The van der Waals surface area contributed by atoms with Gasteiger partial charge in [-0.2, -0.15) is 0 Å². The molecule has 0 bridgehead atoms. The summed E-state index contributed by atoms with van der Waals surface area (Å²) in [5.41, 5.74) is 4.63. The molecule has 0 unspecified atom stereocenters. The largest absolute Gasteiger partial charge is 0.355 e. The van der Waals surface area contributed by atoms with Crippen LogP contribution in [0.5, 0.6) is 0 Å². The second-order valence-corrected chi connectivity index (χ2v) is 5.30. The molecule has 2 N–H and O–H groups in total. The van der Waals surface area contributed by atoms with E-state index < -0.39 is 0 Å². The van der Waals surface area contributed by atoms with E-state index in [0.29, 0.717) is 17.7 Å². The molecule has 0 atom stereocenters. The summed E-state index contributed by atoms with van der Waals surface area (Å²) in [5, 5.41) is 5.40. The molecule has 0 heterocycles. The molecule has 0 aliphatic rings. The Labute approximate surface area is 130 Å². The van der Waals surface area contributed by atoms with Crippen LogP contribution in [0.15, 0.2) is 42.5 Å². The van der Waals surface area contributed by atoms with Gasteiger partial charge in [-0.1, -0.05) is 18.2 Å². The van der Waals surface area contributed by atoms with Gasteiger partial charge in [0.15, 0.2) is 0 Å². The maximum Gasteiger partial charge on any atom is 0.251 e. The number of carbonyl (C=O) groups excluding carboxylic acids is 2. The molecule has 2 aromatic rings. The monoisotopic (exact) mass is 296 g/mol. The van der Waals surface area contributed by atoms with Gasteiger partial charge in [-0.25, -0.2) is 0 Å². The molecule has 0 fully saturated rings. The molecule has 0 aliphatic heterocycles. The second kappa shape index (κ2) is 6.89. The molecular formula is C18H20N2O2. The van der Waals surface area contributed by atoms with Gasteiger partial charge in [-0.15, -0.1) is 0 Å². The smallest absolute Gasteiger partial charge is 0.251 e. The topological polar surface area (TPSA) is 58.2 Å². The number of rotatable bonds is 4. The van der Waals surface area contributed by atoms with Gasteiger partial charge >= 0.3 is 0 Å². The normalized spacial score (nSPS) is 10.1. The number of benzene rings is 2. The van der Waals surface area contributed by atoms with Crippen LogP contribution >= 0.6 is 0 Å². The molecule has 0 saturated heterocycles. The van der Waals surface area contributed by atoms with Crippen LogP contribution in [0.2, 0.25) is 0 Å². The average molecular weight is 296 g/mol. The summed E-state index contributed by atoms with van der Waals surface area (Å²) in [4.78, 5) is 23.5. The SMILES string of the molecule is CNC(=O)c1ccc(NC(=O)Cc2ccc(C)c(C)c2)cc1. The van der Waals surface area contributed by atoms with Gasteiger partial charge in [0.05, 0.1) is 6.42 Å². The molecule has 0 aliphatic carbocycles. The van der Waals surface area contributed by atoms with Crippen LogP contribution in [-0.2, 0) is 11.2 Å². The van der Waals surface area contributed by atoms with Crippen LogP contribution in [0.25, 0.3) is 0 Å². The van der Waals surface area contributed by atoms with Crippen LogP contribution in [0.3, 0.4) is 0 Å². The van der Waals surface area contributed by atoms with E-state index in [0.717, 1.165) is 5.56 Å². The van der Waals surface area contributed by atoms with Crippen molar-refractivity contribution in [2.75, 3.05) is 12.4 Å². The number of carbonyl (C=O) groups is 2. The highest BCUT2D eigenvalue weighted by Gasteiger charge is 2.07. The molecule has 0 radical (unpaired) electrons. The molecule has 4 heteroatoms. The van der Waals surface area contributed by atoms with E-state index in [1.54, 1.807) is 31.3 Å². The number of amides is 2. The van der Waals surface area contributed by atoms with E-state index in [1.165, 1.54) is 11.1 Å². The minimum Gasteiger partial charge on any atom is -0.355 e. The fourth-order valence-electron chi connectivity index (χ4n) is 2.15. The predicted octanol–water partition coefficient (Wildman–Crippen LogP) is 2.84. The van der Waals surface area contributed by atoms with Crippen molar-refractivity contribution in [2.45, 2.75) is 20.3 Å². The van der Waals surface area contributed by atoms with Gasteiger partial charge in [0.2, 0.25) is 5.91 Å². The Bertz CT molecular complexity index is 691. The van der Waals surface area contributed by atoms with Crippen LogP contribution in [0.1, 0.15) is 27.0 Å². The van der Waals surface area contributed by atoms with Crippen molar-refractivity contribution in [1.29, 1.82) is 0 Å². The van der Waals surface area contributed by atoms with Crippen molar-refractivity contribution >= 4 is 17.5 Å². The third kappa shape index (κ3) is 3.95. The number of hydrogen-bond donors (Lipinski definition) is 2. The van der Waals surface area contributed by atoms with E-state index in [4.69, 9.17) is 0 Å². The molecule has 2 rings (SSSR count). The predicted molar refractivity (Wildman–Crippen MR) is 88.1 cm³/mol.